The summed E-state index contributed by atoms with van der Waals surface area (Å²) in [5, 5.41) is 2.84. The van der Waals surface area contributed by atoms with Crippen LogP contribution in [0.1, 0.15) is 11.6 Å². The summed E-state index contributed by atoms with van der Waals surface area (Å²) in [5.74, 6) is -0.0822. The maximum Gasteiger partial charge on any atom is 0.246 e. The summed E-state index contributed by atoms with van der Waals surface area (Å²) in [6.45, 7) is 0.655. The van der Waals surface area contributed by atoms with E-state index in [1.54, 1.807) is 12.4 Å². The Kier molecular flexibility index (Phi) is 2.79. The molecule has 0 aromatic carbocycles. The van der Waals surface area contributed by atoms with E-state index >= 15 is 0 Å². The van der Waals surface area contributed by atoms with Crippen LogP contribution in [0.2, 0.25) is 0 Å². The van der Waals surface area contributed by atoms with Gasteiger partial charge in [0.05, 0.1) is 12.6 Å². The molecule has 1 aliphatic rings. The van der Waals surface area contributed by atoms with Crippen molar-refractivity contribution in [3.05, 3.63) is 28.5 Å². The van der Waals surface area contributed by atoms with Crippen LogP contribution in [0.3, 0.4) is 0 Å². The summed E-state index contributed by atoms with van der Waals surface area (Å²) >= 11 is 3.33. The Bertz CT molecular complexity index is 356. The first kappa shape index (κ1) is 9.61. The van der Waals surface area contributed by atoms with Crippen LogP contribution in [0.5, 0.6) is 0 Å². The molecule has 1 fully saturated rings. The van der Waals surface area contributed by atoms with Crippen LogP contribution in [0.15, 0.2) is 22.9 Å². The van der Waals surface area contributed by atoms with Gasteiger partial charge in [-0.25, -0.2) is 0 Å². The molecule has 0 aliphatic carbocycles. The summed E-state index contributed by atoms with van der Waals surface area (Å²) in [6.07, 6.45) is 3.43. The first-order chi connectivity index (χ1) is 6.75. The smallest absolute Gasteiger partial charge is 0.246 e. The molecular weight excluding hydrogens is 248 g/mol. The minimum Gasteiger partial charge on any atom is -0.369 e. The predicted molar refractivity (Wildman–Crippen MR) is 53.6 cm³/mol. The number of rotatable bonds is 1. The summed E-state index contributed by atoms with van der Waals surface area (Å²) in [5.41, 5.74) is 0.951. The third-order valence-corrected chi connectivity index (χ3v) is 2.41. The van der Waals surface area contributed by atoms with Crippen molar-refractivity contribution in [1.82, 2.24) is 10.3 Å². The van der Waals surface area contributed by atoms with Gasteiger partial charge in [-0.05, 0) is 27.6 Å². The van der Waals surface area contributed by atoms with Gasteiger partial charge >= 0.3 is 0 Å². The number of nitrogens with zero attached hydrogens (tertiary/aromatic N) is 1. The summed E-state index contributed by atoms with van der Waals surface area (Å²) in [6, 6.07) is 1.84. The van der Waals surface area contributed by atoms with E-state index in [0.717, 1.165) is 10.0 Å². The fourth-order valence-electron chi connectivity index (χ4n) is 1.35. The zero-order valence-corrected chi connectivity index (χ0v) is 8.95. The van der Waals surface area contributed by atoms with E-state index in [9.17, 15) is 4.79 Å². The number of carbonyl (C=O) groups is 1. The Morgan fingerprint density at radius 2 is 2.43 bits per heavy atom. The number of hydrogen-bond donors (Lipinski definition) is 1. The number of hydrogen-bond acceptors (Lipinski definition) is 3. The van der Waals surface area contributed by atoms with Gasteiger partial charge in [0.25, 0.3) is 0 Å². The van der Waals surface area contributed by atoms with E-state index in [2.05, 4.69) is 26.2 Å². The lowest BCUT2D eigenvalue weighted by Crippen LogP contribution is -2.39. The lowest BCUT2D eigenvalue weighted by atomic mass is 10.1. The van der Waals surface area contributed by atoms with Crippen molar-refractivity contribution in [2.45, 2.75) is 6.04 Å². The fraction of sp³-hybridized carbons (Fsp3) is 0.333. The second-order valence-electron chi connectivity index (χ2n) is 3.07. The van der Waals surface area contributed by atoms with Crippen molar-refractivity contribution < 1.29 is 9.53 Å². The zero-order chi connectivity index (χ0) is 9.97. The van der Waals surface area contributed by atoms with Crippen LogP contribution in [0.25, 0.3) is 0 Å². The monoisotopic (exact) mass is 256 g/mol. The minimum atomic E-state index is -0.0822. The second-order valence-corrected chi connectivity index (χ2v) is 3.99. The molecule has 1 saturated heterocycles. The Morgan fingerprint density at radius 3 is 3.14 bits per heavy atom. The molecule has 2 heterocycles. The maximum atomic E-state index is 11.1. The molecule has 74 valence electrons. The Labute approximate surface area is 89.8 Å². The highest BCUT2D eigenvalue weighted by Crippen LogP contribution is 2.18. The number of amides is 1. The quantitative estimate of drug-likeness (QED) is 0.817. The van der Waals surface area contributed by atoms with E-state index in [0.29, 0.717) is 6.61 Å². The van der Waals surface area contributed by atoms with Crippen molar-refractivity contribution in [1.29, 1.82) is 0 Å². The maximum absolute atomic E-state index is 11.1. The van der Waals surface area contributed by atoms with Crippen LogP contribution >= 0.6 is 15.9 Å². The van der Waals surface area contributed by atoms with Gasteiger partial charge in [0, 0.05) is 16.9 Å². The molecular formula is C9H9BrN2O2. The van der Waals surface area contributed by atoms with Gasteiger partial charge in [-0.15, -0.1) is 0 Å². The molecule has 14 heavy (non-hydrogen) atoms. The minimum absolute atomic E-state index is 0.0822. The number of nitrogens with one attached hydrogen (secondary N) is 1. The van der Waals surface area contributed by atoms with Gasteiger partial charge in [-0.1, -0.05) is 0 Å². The van der Waals surface area contributed by atoms with Gasteiger partial charge in [0.1, 0.15) is 6.61 Å². The first-order valence-electron chi connectivity index (χ1n) is 4.23. The molecule has 0 unspecified atom stereocenters. The topological polar surface area (TPSA) is 51.2 Å². The summed E-state index contributed by atoms with van der Waals surface area (Å²) in [7, 11) is 0. The van der Waals surface area contributed by atoms with E-state index in [1.807, 2.05) is 6.07 Å². The molecule has 0 spiro atoms. The number of ether oxygens (including phenoxy) is 1. The molecule has 1 aromatic heterocycles. The Morgan fingerprint density at radius 1 is 1.57 bits per heavy atom. The van der Waals surface area contributed by atoms with Crippen LogP contribution in [-0.2, 0) is 9.53 Å². The highest BCUT2D eigenvalue weighted by Gasteiger charge is 2.20. The zero-order valence-electron chi connectivity index (χ0n) is 7.37. The van der Waals surface area contributed by atoms with Crippen LogP contribution < -0.4 is 5.32 Å². The molecule has 5 heteroatoms. The van der Waals surface area contributed by atoms with E-state index in [1.165, 1.54) is 0 Å². The average molecular weight is 257 g/mol. The van der Waals surface area contributed by atoms with Crippen molar-refractivity contribution in [2.24, 2.45) is 0 Å². The highest BCUT2D eigenvalue weighted by atomic mass is 79.9. The van der Waals surface area contributed by atoms with Crippen molar-refractivity contribution in [3.8, 4) is 0 Å². The van der Waals surface area contributed by atoms with E-state index in [-0.39, 0.29) is 18.6 Å². The van der Waals surface area contributed by atoms with Crippen molar-refractivity contribution in [2.75, 3.05) is 13.2 Å². The van der Waals surface area contributed by atoms with Gasteiger partial charge < -0.3 is 10.1 Å². The summed E-state index contributed by atoms with van der Waals surface area (Å²) < 4.78 is 6.03. The van der Waals surface area contributed by atoms with E-state index in [4.69, 9.17) is 4.74 Å². The third-order valence-electron chi connectivity index (χ3n) is 1.98. The molecule has 1 N–H and O–H groups in total. The number of pyridine rings is 1. The van der Waals surface area contributed by atoms with Crippen LogP contribution in [0.4, 0.5) is 0 Å². The average Bonchev–Trinajstić information content (AvgIpc) is 2.18. The molecule has 1 amide bonds. The Hall–Kier alpha value is -0.940. The predicted octanol–water partition coefficient (Wildman–Crippen LogP) is 1.03. The first-order valence-corrected chi connectivity index (χ1v) is 5.02. The number of aromatic nitrogens is 1. The summed E-state index contributed by atoms with van der Waals surface area (Å²) in [4.78, 5) is 15.1. The third kappa shape index (κ3) is 2.10. The Balaban J connectivity index is 2.17. The van der Waals surface area contributed by atoms with Crippen molar-refractivity contribution >= 4 is 21.8 Å². The number of halogens is 1. The van der Waals surface area contributed by atoms with Gasteiger partial charge in [-0.3, -0.25) is 9.78 Å². The van der Waals surface area contributed by atoms with Gasteiger partial charge in [0.2, 0.25) is 5.91 Å². The molecule has 1 aliphatic heterocycles. The van der Waals surface area contributed by atoms with Gasteiger partial charge in [-0.2, -0.15) is 0 Å². The lowest BCUT2D eigenvalue weighted by Gasteiger charge is -2.23. The molecule has 1 aromatic rings. The van der Waals surface area contributed by atoms with Crippen LogP contribution in [0, 0.1) is 0 Å². The molecule has 4 nitrogen and oxygen atoms in total. The second kappa shape index (κ2) is 4.06. The van der Waals surface area contributed by atoms with Gasteiger partial charge in [0.15, 0.2) is 0 Å². The largest absolute Gasteiger partial charge is 0.369 e. The number of morpholine rings is 1. The standard InChI is InChI=1S/C9H9BrN2O2/c10-7-1-6(2-11-3-7)8-4-14-5-9(13)12-8/h1-3,8H,4-5H2,(H,12,13)/t8-/m0/s1. The highest BCUT2D eigenvalue weighted by molar-refractivity contribution is 9.10. The molecule has 1 atom stereocenters. The number of carbonyl (C=O) groups excluding carboxylic acids is 1. The molecule has 0 bridgehead atoms. The SMILES string of the molecule is O=C1COC[C@@H](c2cncc(Br)c2)N1. The molecule has 0 radical (unpaired) electrons. The normalized spacial score (nSPS) is 21.8. The van der Waals surface area contributed by atoms with Crippen molar-refractivity contribution in [3.63, 3.8) is 0 Å². The van der Waals surface area contributed by atoms with E-state index < -0.39 is 0 Å². The van der Waals surface area contributed by atoms with Crippen LogP contribution in [-0.4, -0.2) is 24.1 Å². The fourth-order valence-corrected chi connectivity index (χ4v) is 1.73. The molecule has 2 rings (SSSR count). The lowest BCUT2D eigenvalue weighted by molar-refractivity contribution is -0.131. The molecule has 0 saturated carbocycles.